The molecule has 11 heavy (non-hydrogen) atoms. The lowest BCUT2D eigenvalue weighted by atomic mass is 10.0. The Morgan fingerprint density at radius 3 is 3.09 bits per heavy atom. The normalized spacial score (nSPS) is 21.7. The lowest BCUT2D eigenvalue weighted by molar-refractivity contribution is 0.275. The van der Waals surface area contributed by atoms with Crippen LogP contribution in [-0.2, 0) is 0 Å². The van der Waals surface area contributed by atoms with Gasteiger partial charge in [0.1, 0.15) is 0 Å². The standard InChI is InChI=1S/C9H10OS/c10-5-7-6-11-9-4-2-1-3-8(7)9/h1-4,7,10H,5-6H2/t7-/m0/s1. The molecule has 0 fully saturated rings. The molecule has 58 valence electrons. The smallest absolute Gasteiger partial charge is 0.0508 e. The van der Waals surface area contributed by atoms with Crippen LogP contribution in [0.25, 0.3) is 0 Å². The molecule has 0 aromatic heterocycles. The van der Waals surface area contributed by atoms with Crippen molar-refractivity contribution < 1.29 is 5.11 Å². The molecule has 0 amide bonds. The number of benzene rings is 1. The van der Waals surface area contributed by atoms with Crippen molar-refractivity contribution in [3.8, 4) is 0 Å². The van der Waals surface area contributed by atoms with Gasteiger partial charge >= 0.3 is 0 Å². The third-order valence-electron chi connectivity index (χ3n) is 2.02. The molecule has 1 aromatic rings. The lowest BCUT2D eigenvalue weighted by Gasteiger charge is -2.04. The molecule has 1 aromatic carbocycles. The van der Waals surface area contributed by atoms with Crippen molar-refractivity contribution in [2.75, 3.05) is 12.4 Å². The van der Waals surface area contributed by atoms with E-state index in [2.05, 4.69) is 12.1 Å². The fourth-order valence-electron chi connectivity index (χ4n) is 1.38. The van der Waals surface area contributed by atoms with Gasteiger partial charge in [0.2, 0.25) is 0 Å². The quantitative estimate of drug-likeness (QED) is 0.687. The molecule has 2 rings (SSSR count). The largest absolute Gasteiger partial charge is 0.396 e. The highest BCUT2D eigenvalue weighted by Crippen LogP contribution is 2.38. The number of thioether (sulfide) groups is 1. The summed E-state index contributed by atoms with van der Waals surface area (Å²) in [7, 11) is 0. The van der Waals surface area contributed by atoms with Crippen LogP contribution in [0.2, 0.25) is 0 Å². The van der Waals surface area contributed by atoms with E-state index in [9.17, 15) is 0 Å². The second-order valence-corrected chi connectivity index (χ2v) is 3.79. The van der Waals surface area contributed by atoms with E-state index < -0.39 is 0 Å². The summed E-state index contributed by atoms with van der Waals surface area (Å²) < 4.78 is 0. The highest BCUT2D eigenvalue weighted by atomic mass is 32.2. The average molecular weight is 166 g/mol. The van der Waals surface area contributed by atoms with Crippen LogP contribution in [0.4, 0.5) is 0 Å². The summed E-state index contributed by atoms with van der Waals surface area (Å²) in [5.74, 6) is 1.41. The van der Waals surface area contributed by atoms with E-state index in [4.69, 9.17) is 5.11 Å². The summed E-state index contributed by atoms with van der Waals surface area (Å²) in [5, 5.41) is 9.00. The molecule has 0 bridgehead atoms. The minimum atomic E-state index is 0.282. The number of aliphatic hydroxyl groups is 1. The SMILES string of the molecule is OC[C@H]1CSc2ccccc21. The Morgan fingerprint density at radius 1 is 1.45 bits per heavy atom. The first-order chi connectivity index (χ1) is 5.42. The number of aliphatic hydroxyl groups excluding tert-OH is 1. The monoisotopic (exact) mass is 166 g/mol. The fraction of sp³-hybridized carbons (Fsp3) is 0.333. The Bertz CT molecular complexity index is 259. The van der Waals surface area contributed by atoms with Gasteiger partial charge in [0, 0.05) is 16.6 Å². The Morgan fingerprint density at radius 2 is 2.27 bits per heavy atom. The van der Waals surface area contributed by atoms with Crippen LogP contribution < -0.4 is 0 Å². The van der Waals surface area contributed by atoms with Crippen LogP contribution in [0.3, 0.4) is 0 Å². The number of rotatable bonds is 1. The first kappa shape index (κ1) is 7.19. The van der Waals surface area contributed by atoms with E-state index in [0.29, 0.717) is 5.92 Å². The molecule has 0 unspecified atom stereocenters. The molecule has 0 spiro atoms. The number of hydrogen-bond acceptors (Lipinski definition) is 2. The first-order valence-electron chi connectivity index (χ1n) is 3.74. The minimum Gasteiger partial charge on any atom is -0.396 e. The van der Waals surface area contributed by atoms with Crippen molar-refractivity contribution >= 4 is 11.8 Å². The second-order valence-electron chi connectivity index (χ2n) is 2.73. The van der Waals surface area contributed by atoms with Crippen molar-refractivity contribution in [3.63, 3.8) is 0 Å². The van der Waals surface area contributed by atoms with Gasteiger partial charge in [-0.25, -0.2) is 0 Å². The lowest BCUT2D eigenvalue weighted by Crippen LogP contribution is -2.01. The molecular formula is C9H10OS. The third kappa shape index (κ3) is 1.17. The summed E-state index contributed by atoms with van der Waals surface area (Å²) in [5.41, 5.74) is 1.32. The number of hydrogen-bond donors (Lipinski definition) is 1. The summed E-state index contributed by atoms with van der Waals surface area (Å²) in [6, 6.07) is 8.31. The van der Waals surface area contributed by atoms with E-state index in [1.807, 2.05) is 23.9 Å². The minimum absolute atomic E-state index is 0.282. The van der Waals surface area contributed by atoms with Crippen LogP contribution in [0.5, 0.6) is 0 Å². The zero-order valence-electron chi connectivity index (χ0n) is 6.16. The Labute approximate surface area is 70.4 Å². The second kappa shape index (κ2) is 2.88. The summed E-state index contributed by atoms with van der Waals surface area (Å²) in [6.07, 6.45) is 0. The van der Waals surface area contributed by atoms with Crippen LogP contribution >= 0.6 is 11.8 Å². The molecule has 2 heteroatoms. The van der Waals surface area contributed by atoms with Gasteiger partial charge < -0.3 is 5.11 Å². The van der Waals surface area contributed by atoms with Gasteiger partial charge in [0.05, 0.1) is 6.61 Å². The molecule has 1 heterocycles. The fourth-order valence-corrected chi connectivity index (χ4v) is 2.62. The van der Waals surface area contributed by atoms with Gasteiger partial charge in [-0.2, -0.15) is 0 Å². The molecule has 1 atom stereocenters. The Hall–Kier alpha value is -0.470. The predicted octanol–water partition coefficient (Wildman–Crippen LogP) is 1.87. The van der Waals surface area contributed by atoms with Crippen LogP contribution in [0, 0.1) is 0 Å². The molecular weight excluding hydrogens is 156 g/mol. The molecule has 1 aliphatic heterocycles. The van der Waals surface area contributed by atoms with Crippen LogP contribution in [0.1, 0.15) is 11.5 Å². The molecule has 1 aliphatic rings. The van der Waals surface area contributed by atoms with Gasteiger partial charge in [0.25, 0.3) is 0 Å². The van der Waals surface area contributed by atoms with Crippen LogP contribution in [-0.4, -0.2) is 17.5 Å². The van der Waals surface area contributed by atoms with Crippen molar-refractivity contribution in [1.82, 2.24) is 0 Å². The van der Waals surface area contributed by atoms with Gasteiger partial charge in [0.15, 0.2) is 0 Å². The maximum absolute atomic E-state index is 9.00. The highest BCUT2D eigenvalue weighted by molar-refractivity contribution is 7.99. The highest BCUT2D eigenvalue weighted by Gasteiger charge is 2.20. The maximum atomic E-state index is 9.00. The first-order valence-corrected chi connectivity index (χ1v) is 4.73. The molecule has 0 aliphatic carbocycles. The third-order valence-corrected chi connectivity index (χ3v) is 3.27. The summed E-state index contributed by atoms with van der Waals surface area (Å²) >= 11 is 1.84. The molecule has 0 radical (unpaired) electrons. The zero-order valence-corrected chi connectivity index (χ0v) is 6.97. The van der Waals surface area contributed by atoms with Crippen molar-refractivity contribution in [3.05, 3.63) is 29.8 Å². The predicted molar refractivity (Wildman–Crippen MR) is 47.0 cm³/mol. The van der Waals surface area contributed by atoms with Crippen molar-refractivity contribution in [1.29, 1.82) is 0 Å². The maximum Gasteiger partial charge on any atom is 0.0508 e. The molecule has 1 nitrogen and oxygen atoms in total. The summed E-state index contributed by atoms with van der Waals surface area (Å²) in [6.45, 7) is 0.282. The Kier molecular flexibility index (Phi) is 1.88. The zero-order chi connectivity index (χ0) is 7.68. The van der Waals surface area contributed by atoms with Gasteiger partial charge in [-0.1, -0.05) is 18.2 Å². The average Bonchev–Trinajstić information content (AvgIpc) is 2.47. The van der Waals surface area contributed by atoms with Crippen LogP contribution in [0.15, 0.2) is 29.2 Å². The van der Waals surface area contributed by atoms with Gasteiger partial charge in [-0.15, -0.1) is 11.8 Å². The summed E-state index contributed by atoms with van der Waals surface area (Å²) in [4.78, 5) is 1.34. The van der Waals surface area contributed by atoms with E-state index >= 15 is 0 Å². The van der Waals surface area contributed by atoms with E-state index in [0.717, 1.165) is 5.75 Å². The molecule has 0 saturated carbocycles. The van der Waals surface area contributed by atoms with Gasteiger partial charge in [-0.05, 0) is 11.6 Å². The van der Waals surface area contributed by atoms with E-state index in [-0.39, 0.29) is 6.61 Å². The van der Waals surface area contributed by atoms with E-state index in [1.54, 1.807) is 0 Å². The topological polar surface area (TPSA) is 20.2 Å². The molecule has 0 saturated heterocycles. The number of fused-ring (bicyclic) bond motifs is 1. The molecule has 1 N–H and O–H groups in total. The Balaban J connectivity index is 2.39. The van der Waals surface area contributed by atoms with E-state index in [1.165, 1.54) is 10.5 Å². The van der Waals surface area contributed by atoms with Gasteiger partial charge in [-0.3, -0.25) is 0 Å². The van der Waals surface area contributed by atoms with Crippen molar-refractivity contribution in [2.45, 2.75) is 10.8 Å². The van der Waals surface area contributed by atoms with Crippen molar-refractivity contribution in [2.24, 2.45) is 0 Å².